The van der Waals surface area contributed by atoms with Crippen LogP contribution in [-0.2, 0) is 46.3 Å². The summed E-state index contributed by atoms with van der Waals surface area (Å²) in [5, 5.41) is 4.18. The quantitative estimate of drug-likeness (QED) is 0.228. The fraction of sp³-hybridized carbons (Fsp3) is 0.138. The molecule has 0 saturated carbocycles. The number of nitrogens with zero attached hydrogens (tertiary/aromatic N) is 7. The van der Waals surface area contributed by atoms with Gasteiger partial charge < -0.3 is 13.7 Å². The second-order valence-electron chi connectivity index (χ2n) is 8.24. The smallest absolute Gasteiger partial charge is 0.466 e. The van der Waals surface area contributed by atoms with Gasteiger partial charge in [-0.05, 0) is 30.3 Å². The number of hydrogen-bond acceptors (Lipinski definition) is 3. The van der Waals surface area contributed by atoms with E-state index >= 15 is 0 Å². The molecule has 0 aromatic carbocycles. The van der Waals surface area contributed by atoms with E-state index in [1.54, 1.807) is 6.20 Å². The molecule has 6 aromatic rings. The molecule has 186 valence electrons. The van der Waals surface area contributed by atoms with Crippen molar-refractivity contribution in [2.45, 2.75) is 26.2 Å². The summed E-state index contributed by atoms with van der Waals surface area (Å²) in [6.07, 6.45) is 19.0. The maximum atomic E-state index is 4.64. The Labute approximate surface area is 230 Å². The summed E-state index contributed by atoms with van der Waals surface area (Å²) in [7, 11) is 0. The van der Waals surface area contributed by atoms with Crippen molar-refractivity contribution < 1.29 is 20.1 Å². The van der Waals surface area contributed by atoms with Gasteiger partial charge >= 0.3 is 20.1 Å². The zero-order valence-corrected chi connectivity index (χ0v) is 22.6. The van der Waals surface area contributed by atoms with E-state index in [-0.39, 0.29) is 20.1 Å². The van der Waals surface area contributed by atoms with Crippen molar-refractivity contribution in [3.63, 3.8) is 0 Å². The van der Waals surface area contributed by atoms with Crippen molar-refractivity contribution >= 4 is 0 Å². The third kappa shape index (κ3) is 8.00. The number of rotatable bonds is 8. The molecule has 7 nitrogen and oxygen atoms in total. The fourth-order valence-corrected chi connectivity index (χ4v) is 3.78. The molecule has 0 saturated heterocycles. The van der Waals surface area contributed by atoms with Crippen molar-refractivity contribution in [1.82, 2.24) is 33.4 Å². The normalized spacial score (nSPS) is 10.4. The Balaban J connectivity index is 0.000000168. The molecule has 0 atom stereocenters. The molecule has 0 N–H and O–H groups in total. The van der Waals surface area contributed by atoms with E-state index in [0.29, 0.717) is 6.54 Å². The standard InChI is InChI=1S/C15H13N3.C14H13N4.Ir/c1-2-9-17(8-1)12-14-6-5-7-15(16-14)13-18-10-3-4-11-18;1-2-9-17(8-1)11-13-5-3-6-14(16-13)12-18-10-4-7-15-18;/h1-8,10H,12-13H2;1-8,10H,11-12H2;/q-2;-1;+3. The second-order valence-corrected chi connectivity index (χ2v) is 8.24. The molecule has 6 heterocycles. The van der Waals surface area contributed by atoms with Crippen LogP contribution in [0.25, 0.3) is 0 Å². The molecule has 0 aliphatic carbocycles. The number of aromatic nitrogens is 7. The van der Waals surface area contributed by atoms with Gasteiger partial charge in [0.25, 0.3) is 0 Å². The monoisotopic (exact) mass is 665 g/mol. The van der Waals surface area contributed by atoms with Crippen molar-refractivity contribution in [3.8, 4) is 0 Å². The molecular formula is C29H26IrN7. The van der Waals surface area contributed by atoms with E-state index in [4.69, 9.17) is 0 Å². The van der Waals surface area contributed by atoms with Crippen LogP contribution in [0.2, 0.25) is 0 Å². The van der Waals surface area contributed by atoms with Gasteiger partial charge in [-0.2, -0.15) is 41.5 Å². The molecule has 0 bridgehead atoms. The summed E-state index contributed by atoms with van der Waals surface area (Å²) < 4.78 is 7.84. The first kappa shape index (κ1) is 26.1. The van der Waals surface area contributed by atoms with E-state index < -0.39 is 0 Å². The minimum atomic E-state index is 0. The third-order valence-electron chi connectivity index (χ3n) is 5.42. The van der Waals surface area contributed by atoms with Crippen molar-refractivity contribution in [1.29, 1.82) is 0 Å². The molecule has 6 rings (SSSR count). The van der Waals surface area contributed by atoms with Crippen LogP contribution in [0.15, 0.2) is 110 Å². The minimum Gasteiger partial charge on any atom is -0.466 e. The molecule has 0 spiro atoms. The maximum absolute atomic E-state index is 4.64. The van der Waals surface area contributed by atoms with Crippen LogP contribution < -0.4 is 0 Å². The van der Waals surface area contributed by atoms with Gasteiger partial charge in [0.15, 0.2) is 0 Å². The maximum Gasteiger partial charge on any atom is 3.00 e. The zero-order valence-electron chi connectivity index (χ0n) is 20.2. The molecule has 0 aliphatic heterocycles. The summed E-state index contributed by atoms with van der Waals surface area (Å²) in [6.45, 7) is 2.97. The summed E-state index contributed by atoms with van der Waals surface area (Å²) in [6, 6.07) is 25.7. The molecule has 0 radical (unpaired) electrons. The van der Waals surface area contributed by atoms with Gasteiger partial charge in [-0.1, -0.05) is 12.1 Å². The molecule has 0 unspecified atom stereocenters. The Bertz CT molecular complexity index is 1210. The molecule has 0 fully saturated rings. The van der Waals surface area contributed by atoms with E-state index in [1.165, 1.54) is 0 Å². The average molecular weight is 665 g/mol. The Hall–Kier alpha value is -4.00. The number of hydrogen-bond donors (Lipinski definition) is 0. The average Bonchev–Trinajstić information content (AvgIpc) is 3.70. The predicted molar refractivity (Wildman–Crippen MR) is 137 cm³/mol. The Morgan fingerprint density at radius 1 is 0.514 bits per heavy atom. The van der Waals surface area contributed by atoms with Crippen molar-refractivity contribution in [2.24, 2.45) is 0 Å². The molecule has 0 amide bonds. The van der Waals surface area contributed by atoms with Crippen LogP contribution in [0.3, 0.4) is 0 Å². The SMILES string of the molecule is [Ir+3].[c-]1cccn1Cc1cccc(Cn2[c-]ccc2)n1.[c-]1cccn1Cc1cccc(Cn2cccn2)n1. The van der Waals surface area contributed by atoms with Gasteiger partial charge in [-0.15, -0.1) is 37.2 Å². The predicted octanol–water partition coefficient (Wildman–Crippen LogP) is 4.36. The van der Waals surface area contributed by atoms with E-state index in [2.05, 4.69) is 33.7 Å². The van der Waals surface area contributed by atoms with Crippen molar-refractivity contribution in [2.75, 3.05) is 0 Å². The van der Waals surface area contributed by atoms with Crippen LogP contribution in [0.1, 0.15) is 22.8 Å². The van der Waals surface area contributed by atoms with Gasteiger partial charge in [-0.25, -0.2) is 0 Å². The van der Waals surface area contributed by atoms with Crippen LogP contribution in [0, 0.1) is 18.6 Å². The first-order valence-corrected chi connectivity index (χ1v) is 11.8. The molecule has 6 aromatic heterocycles. The summed E-state index contributed by atoms with van der Waals surface area (Å²) in [5.41, 5.74) is 4.15. The second kappa shape index (κ2) is 13.3. The zero-order chi connectivity index (χ0) is 24.4. The van der Waals surface area contributed by atoms with Gasteiger partial charge in [-0.3, -0.25) is 14.6 Å². The number of pyridine rings is 2. The van der Waals surface area contributed by atoms with Crippen molar-refractivity contribution in [3.05, 3.63) is 151 Å². The van der Waals surface area contributed by atoms with Crippen LogP contribution in [0.4, 0.5) is 0 Å². The van der Waals surface area contributed by atoms with E-state index in [1.807, 2.05) is 122 Å². The molecule has 37 heavy (non-hydrogen) atoms. The fourth-order valence-electron chi connectivity index (χ4n) is 3.78. The molecular weight excluding hydrogens is 639 g/mol. The summed E-state index contributed by atoms with van der Waals surface area (Å²) >= 11 is 0. The Kier molecular flexibility index (Phi) is 9.41. The van der Waals surface area contributed by atoms with Crippen LogP contribution >= 0.6 is 0 Å². The molecule has 8 heteroatoms. The first-order valence-electron chi connectivity index (χ1n) is 11.8. The van der Waals surface area contributed by atoms with Gasteiger partial charge in [0, 0.05) is 32.0 Å². The summed E-state index contributed by atoms with van der Waals surface area (Å²) in [4.78, 5) is 9.26. The molecule has 0 aliphatic rings. The van der Waals surface area contributed by atoms with E-state index in [9.17, 15) is 0 Å². The Morgan fingerprint density at radius 3 is 1.30 bits per heavy atom. The largest absolute Gasteiger partial charge is 3.00 e. The van der Waals surface area contributed by atoms with E-state index in [0.717, 1.165) is 42.4 Å². The van der Waals surface area contributed by atoms with Gasteiger partial charge in [0.05, 0.1) is 29.3 Å². The topological polar surface area (TPSA) is 58.4 Å². The van der Waals surface area contributed by atoms with Crippen LogP contribution in [-0.4, -0.2) is 33.4 Å². The van der Waals surface area contributed by atoms with Gasteiger partial charge in [0.2, 0.25) is 0 Å². The Morgan fingerprint density at radius 2 is 0.946 bits per heavy atom. The first-order chi connectivity index (χ1) is 17.8. The van der Waals surface area contributed by atoms with Crippen LogP contribution in [0.5, 0.6) is 0 Å². The van der Waals surface area contributed by atoms with Gasteiger partial charge in [0.1, 0.15) is 0 Å². The minimum absolute atomic E-state index is 0. The third-order valence-corrected chi connectivity index (χ3v) is 5.42. The summed E-state index contributed by atoms with van der Waals surface area (Å²) in [5.74, 6) is 0.